The Morgan fingerprint density at radius 3 is 2.50 bits per heavy atom. The number of nitrogens with one attached hydrogen (secondary N) is 1. The third-order valence-corrected chi connectivity index (χ3v) is 1.90. The van der Waals surface area contributed by atoms with Crippen LogP contribution in [0, 0.1) is 5.92 Å². The van der Waals surface area contributed by atoms with Gasteiger partial charge in [-0.2, -0.15) is 0 Å². The molecule has 0 aromatic carbocycles. The second kappa shape index (κ2) is 2.56. The first-order chi connectivity index (χ1) is 4.63. The maximum Gasteiger partial charge on any atom is 0.310 e. The van der Waals surface area contributed by atoms with Crippen molar-refractivity contribution in [2.24, 2.45) is 5.92 Å². The third-order valence-electron chi connectivity index (χ3n) is 1.90. The first-order valence-corrected chi connectivity index (χ1v) is 3.27. The Morgan fingerprint density at radius 1 is 1.70 bits per heavy atom. The summed E-state index contributed by atoms with van der Waals surface area (Å²) in [6.45, 7) is 2.14. The molecule has 0 radical (unpaired) electrons. The van der Waals surface area contributed by atoms with E-state index in [-0.39, 0.29) is 6.04 Å². The zero-order chi connectivity index (χ0) is 7.72. The summed E-state index contributed by atoms with van der Waals surface area (Å²) in [5.74, 6) is -1.56. The molecule has 1 aliphatic heterocycles. The third kappa shape index (κ3) is 1.12. The highest BCUT2D eigenvalue weighted by molar-refractivity contribution is 5.71. The van der Waals surface area contributed by atoms with E-state index in [1.165, 1.54) is 0 Å². The summed E-state index contributed by atoms with van der Waals surface area (Å²) in [5.41, 5.74) is 0. The molecule has 0 amide bonds. The molecule has 0 saturated carbocycles. The number of aliphatic carboxylic acids is 1. The second-order valence-electron chi connectivity index (χ2n) is 2.63. The molecule has 4 nitrogen and oxygen atoms in total. The van der Waals surface area contributed by atoms with Crippen LogP contribution in [0.1, 0.15) is 6.92 Å². The highest BCUT2D eigenvalue weighted by Gasteiger charge is 2.36. The molecule has 3 atom stereocenters. The molecule has 0 spiro atoms. The summed E-state index contributed by atoms with van der Waals surface area (Å²) >= 11 is 0. The molecule has 0 aromatic rings. The molecule has 1 saturated heterocycles. The summed E-state index contributed by atoms with van der Waals surface area (Å²) < 4.78 is 0. The van der Waals surface area contributed by atoms with Gasteiger partial charge in [0.1, 0.15) is 0 Å². The lowest BCUT2D eigenvalue weighted by molar-refractivity contribution is -0.144. The second-order valence-corrected chi connectivity index (χ2v) is 2.63. The van der Waals surface area contributed by atoms with E-state index >= 15 is 0 Å². The summed E-state index contributed by atoms with van der Waals surface area (Å²) in [5, 5.41) is 20.6. The van der Waals surface area contributed by atoms with Crippen LogP contribution in [-0.4, -0.2) is 34.9 Å². The Morgan fingerprint density at radius 2 is 2.30 bits per heavy atom. The first-order valence-electron chi connectivity index (χ1n) is 3.27. The largest absolute Gasteiger partial charge is 0.481 e. The Kier molecular flexibility index (Phi) is 1.92. The molecule has 0 unspecified atom stereocenters. The van der Waals surface area contributed by atoms with Gasteiger partial charge in [0.2, 0.25) is 0 Å². The Labute approximate surface area is 58.9 Å². The van der Waals surface area contributed by atoms with E-state index in [1.807, 2.05) is 0 Å². The zero-order valence-electron chi connectivity index (χ0n) is 5.74. The van der Waals surface area contributed by atoms with Crippen LogP contribution in [0.15, 0.2) is 0 Å². The normalized spacial score (nSPS) is 40.0. The van der Waals surface area contributed by atoms with Crippen LogP contribution < -0.4 is 5.32 Å². The highest BCUT2D eigenvalue weighted by atomic mass is 16.4. The Bertz CT molecular complexity index is 148. The van der Waals surface area contributed by atoms with Gasteiger partial charge in [0.25, 0.3) is 0 Å². The quantitative estimate of drug-likeness (QED) is 0.444. The Hall–Kier alpha value is -0.610. The number of carboxylic acid groups (broad SMARTS) is 1. The molecule has 58 valence electrons. The van der Waals surface area contributed by atoms with Gasteiger partial charge < -0.3 is 15.5 Å². The first kappa shape index (κ1) is 7.50. The zero-order valence-corrected chi connectivity index (χ0v) is 5.74. The van der Waals surface area contributed by atoms with E-state index < -0.39 is 18.0 Å². The molecule has 0 aliphatic carbocycles. The molecule has 3 N–H and O–H groups in total. The maximum absolute atomic E-state index is 10.4. The number of aliphatic hydroxyl groups excluding tert-OH is 1. The van der Waals surface area contributed by atoms with Crippen LogP contribution in [0.4, 0.5) is 0 Å². The molecular weight excluding hydrogens is 134 g/mol. The summed E-state index contributed by atoms with van der Waals surface area (Å²) in [6.07, 6.45) is -0.738. The number of hydrogen-bond acceptors (Lipinski definition) is 3. The minimum absolute atomic E-state index is 0.0962. The van der Waals surface area contributed by atoms with Crippen molar-refractivity contribution in [3.05, 3.63) is 0 Å². The summed E-state index contributed by atoms with van der Waals surface area (Å²) in [4.78, 5) is 10.4. The van der Waals surface area contributed by atoms with Gasteiger partial charge in [-0.15, -0.1) is 0 Å². The van der Waals surface area contributed by atoms with E-state index in [4.69, 9.17) is 5.11 Å². The van der Waals surface area contributed by atoms with Crippen molar-refractivity contribution in [1.29, 1.82) is 0 Å². The lowest BCUT2D eigenvalue weighted by Gasteiger charge is -2.10. The van der Waals surface area contributed by atoms with Crippen molar-refractivity contribution in [1.82, 2.24) is 5.32 Å². The molecule has 1 heterocycles. The van der Waals surface area contributed by atoms with Crippen molar-refractivity contribution in [3.8, 4) is 0 Å². The predicted octanol–water partition coefficient (Wildman–Crippen LogP) is -0.960. The van der Waals surface area contributed by atoms with Gasteiger partial charge >= 0.3 is 5.97 Å². The number of aliphatic hydroxyl groups is 1. The highest BCUT2D eigenvalue weighted by Crippen LogP contribution is 2.14. The van der Waals surface area contributed by atoms with Gasteiger partial charge in [-0.05, 0) is 6.92 Å². The van der Waals surface area contributed by atoms with E-state index in [1.54, 1.807) is 6.92 Å². The number of hydrogen-bond donors (Lipinski definition) is 3. The van der Waals surface area contributed by atoms with Gasteiger partial charge in [-0.1, -0.05) is 0 Å². The van der Waals surface area contributed by atoms with Gasteiger partial charge in [0.05, 0.1) is 12.0 Å². The van der Waals surface area contributed by atoms with Gasteiger partial charge in [-0.3, -0.25) is 4.79 Å². The lowest BCUT2D eigenvalue weighted by atomic mass is 10.0. The average molecular weight is 145 g/mol. The van der Waals surface area contributed by atoms with E-state index in [2.05, 4.69) is 5.32 Å². The van der Waals surface area contributed by atoms with Crippen molar-refractivity contribution < 1.29 is 15.0 Å². The van der Waals surface area contributed by atoms with Gasteiger partial charge in [0, 0.05) is 12.6 Å². The molecule has 0 bridgehead atoms. The fourth-order valence-electron chi connectivity index (χ4n) is 1.14. The van der Waals surface area contributed by atoms with Crippen molar-refractivity contribution in [2.75, 3.05) is 6.54 Å². The average Bonchev–Trinajstić information content (AvgIpc) is 2.14. The molecular formula is C6H11NO3. The maximum atomic E-state index is 10.4. The van der Waals surface area contributed by atoms with Crippen LogP contribution in [0.3, 0.4) is 0 Å². The van der Waals surface area contributed by atoms with Crippen LogP contribution in [0.5, 0.6) is 0 Å². The minimum Gasteiger partial charge on any atom is -0.481 e. The lowest BCUT2D eigenvalue weighted by Crippen LogP contribution is -2.30. The smallest absolute Gasteiger partial charge is 0.310 e. The predicted molar refractivity (Wildman–Crippen MR) is 34.6 cm³/mol. The molecule has 0 aromatic heterocycles. The van der Waals surface area contributed by atoms with Crippen molar-refractivity contribution in [3.63, 3.8) is 0 Å². The number of carbonyl (C=O) groups is 1. The molecule has 1 fully saturated rings. The van der Waals surface area contributed by atoms with Crippen LogP contribution in [0.25, 0.3) is 0 Å². The summed E-state index contributed by atoms with van der Waals surface area (Å²) in [7, 11) is 0. The van der Waals surface area contributed by atoms with E-state index in [0.717, 1.165) is 0 Å². The van der Waals surface area contributed by atoms with Crippen molar-refractivity contribution in [2.45, 2.75) is 19.1 Å². The fourth-order valence-corrected chi connectivity index (χ4v) is 1.14. The molecule has 1 rings (SSSR count). The SMILES string of the molecule is C[C@@H]1NC[C@@H](C(=O)O)[C@@H]1O. The van der Waals surface area contributed by atoms with E-state index in [0.29, 0.717) is 6.54 Å². The topological polar surface area (TPSA) is 69.6 Å². The van der Waals surface area contributed by atoms with Crippen molar-refractivity contribution >= 4 is 5.97 Å². The molecule has 1 aliphatic rings. The standard InChI is InChI=1S/C6H11NO3/c1-3-5(8)4(2-7-3)6(9)10/h3-5,7-8H,2H2,1H3,(H,9,10)/t3-,4+,5+/m0/s1. The van der Waals surface area contributed by atoms with Gasteiger partial charge in [-0.25, -0.2) is 0 Å². The van der Waals surface area contributed by atoms with Crippen LogP contribution >= 0.6 is 0 Å². The number of rotatable bonds is 1. The fraction of sp³-hybridized carbons (Fsp3) is 0.833. The molecule has 4 heteroatoms. The Balaban J connectivity index is 2.57. The number of carboxylic acids is 1. The van der Waals surface area contributed by atoms with Crippen LogP contribution in [-0.2, 0) is 4.79 Å². The molecule has 10 heavy (non-hydrogen) atoms. The van der Waals surface area contributed by atoms with Crippen LogP contribution in [0.2, 0.25) is 0 Å². The van der Waals surface area contributed by atoms with Gasteiger partial charge in [0.15, 0.2) is 0 Å². The monoisotopic (exact) mass is 145 g/mol. The minimum atomic E-state index is -0.927. The summed E-state index contributed by atoms with van der Waals surface area (Å²) in [6, 6.07) is -0.0962. The van der Waals surface area contributed by atoms with E-state index in [9.17, 15) is 9.90 Å².